The molecular formula is C14H18ClN5. The van der Waals surface area contributed by atoms with Crippen molar-refractivity contribution in [2.24, 2.45) is 5.41 Å². The van der Waals surface area contributed by atoms with Crippen molar-refractivity contribution in [3.8, 4) is 0 Å². The van der Waals surface area contributed by atoms with Gasteiger partial charge in [0.25, 0.3) is 0 Å². The topological polar surface area (TPSA) is 66.5 Å². The summed E-state index contributed by atoms with van der Waals surface area (Å²) < 4.78 is 0. The lowest BCUT2D eigenvalue weighted by Gasteiger charge is -2.30. The molecule has 0 spiro atoms. The van der Waals surface area contributed by atoms with Gasteiger partial charge in [0.15, 0.2) is 5.82 Å². The van der Waals surface area contributed by atoms with E-state index in [-0.39, 0.29) is 17.5 Å². The van der Waals surface area contributed by atoms with Crippen molar-refractivity contribution in [3.05, 3.63) is 40.2 Å². The van der Waals surface area contributed by atoms with Crippen molar-refractivity contribution in [1.29, 1.82) is 0 Å². The number of nitrogens with one attached hydrogen (secondary N) is 2. The largest absolute Gasteiger partial charge is 0.300 e. The molecule has 2 unspecified atom stereocenters. The first-order valence-corrected chi connectivity index (χ1v) is 7.13. The molecule has 20 heavy (non-hydrogen) atoms. The second-order valence-electron chi connectivity index (χ2n) is 6.10. The van der Waals surface area contributed by atoms with Crippen molar-refractivity contribution < 1.29 is 0 Å². The number of aromatic nitrogens is 4. The molecule has 5 nitrogen and oxygen atoms in total. The molecule has 2 N–H and O–H groups in total. The van der Waals surface area contributed by atoms with E-state index in [0.29, 0.717) is 5.82 Å². The van der Waals surface area contributed by atoms with Crippen LogP contribution in [0.1, 0.15) is 49.8 Å². The summed E-state index contributed by atoms with van der Waals surface area (Å²) >= 11 is 6.15. The summed E-state index contributed by atoms with van der Waals surface area (Å²) in [4.78, 5) is 0. The van der Waals surface area contributed by atoms with E-state index in [0.717, 1.165) is 11.4 Å². The highest BCUT2D eigenvalue weighted by Gasteiger charge is 2.39. The summed E-state index contributed by atoms with van der Waals surface area (Å²) in [7, 11) is 0. The first kappa shape index (κ1) is 13.5. The molecule has 1 aliphatic rings. The van der Waals surface area contributed by atoms with Crippen LogP contribution in [0.4, 0.5) is 0 Å². The molecule has 2 aromatic rings. The van der Waals surface area contributed by atoms with E-state index in [1.165, 1.54) is 11.1 Å². The fraction of sp³-hybridized carbons (Fsp3) is 0.500. The Balaban J connectivity index is 1.90. The van der Waals surface area contributed by atoms with Gasteiger partial charge >= 0.3 is 0 Å². The second kappa shape index (κ2) is 4.82. The minimum absolute atomic E-state index is 0.0305. The molecule has 0 saturated heterocycles. The third-order valence-electron chi connectivity index (χ3n) is 4.01. The highest BCUT2D eigenvalue weighted by atomic mass is 35.5. The Labute approximate surface area is 123 Å². The van der Waals surface area contributed by atoms with Crippen LogP contribution in [0.15, 0.2) is 18.2 Å². The Hall–Kier alpha value is -1.46. The van der Waals surface area contributed by atoms with Crippen molar-refractivity contribution in [1.82, 2.24) is 25.9 Å². The maximum atomic E-state index is 6.15. The highest BCUT2D eigenvalue weighted by molar-refractivity contribution is 6.30. The minimum Gasteiger partial charge on any atom is -0.300 e. The Bertz CT molecular complexity index is 608. The lowest BCUT2D eigenvalue weighted by molar-refractivity contribution is 0.250. The fourth-order valence-electron chi connectivity index (χ4n) is 3.00. The maximum Gasteiger partial charge on any atom is 0.191 e. The van der Waals surface area contributed by atoms with E-state index >= 15 is 0 Å². The monoisotopic (exact) mass is 291 g/mol. The average Bonchev–Trinajstić information content (AvgIpc) is 2.98. The zero-order valence-electron chi connectivity index (χ0n) is 11.8. The van der Waals surface area contributed by atoms with Gasteiger partial charge in [0.2, 0.25) is 0 Å². The summed E-state index contributed by atoms with van der Waals surface area (Å²) in [6, 6.07) is 6.40. The van der Waals surface area contributed by atoms with Crippen molar-refractivity contribution >= 4 is 11.6 Å². The van der Waals surface area contributed by atoms with Gasteiger partial charge in [0, 0.05) is 11.1 Å². The van der Waals surface area contributed by atoms with Crippen LogP contribution in [0, 0.1) is 5.41 Å². The minimum atomic E-state index is 0.0305. The molecule has 2 atom stereocenters. The molecule has 0 fully saturated rings. The zero-order valence-corrected chi connectivity index (χ0v) is 12.6. The molecule has 1 heterocycles. The van der Waals surface area contributed by atoms with E-state index < -0.39 is 0 Å². The van der Waals surface area contributed by atoms with Gasteiger partial charge in [0.1, 0.15) is 0 Å². The predicted octanol–water partition coefficient (Wildman–Crippen LogP) is 2.83. The number of rotatable bonds is 3. The first-order valence-electron chi connectivity index (χ1n) is 6.75. The number of halogens is 1. The molecule has 0 amide bonds. The highest BCUT2D eigenvalue weighted by Crippen LogP contribution is 2.46. The zero-order chi connectivity index (χ0) is 14.3. The van der Waals surface area contributed by atoms with E-state index in [1.807, 2.05) is 13.0 Å². The number of hydrogen-bond acceptors (Lipinski definition) is 4. The Morgan fingerprint density at radius 3 is 2.95 bits per heavy atom. The molecule has 0 radical (unpaired) electrons. The molecule has 0 bridgehead atoms. The molecule has 6 heteroatoms. The smallest absolute Gasteiger partial charge is 0.191 e. The lowest BCUT2D eigenvalue weighted by Crippen LogP contribution is -2.33. The lowest BCUT2D eigenvalue weighted by atomic mass is 9.85. The van der Waals surface area contributed by atoms with Gasteiger partial charge in [-0.25, -0.2) is 0 Å². The molecular weight excluding hydrogens is 274 g/mol. The van der Waals surface area contributed by atoms with Crippen LogP contribution in [0.25, 0.3) is 0 Å². The van der Waals surface area contributed by atoms with Crippen LogP contribution in [0.5, 0.6) is 0 Å². The van der Waals surface area contributed by atoms with E-state index in [2.05, 4.69) is 51.9 Å². The van der Waals surface area contributed by atoms with Gasteiger partial charge in [0.05, 0.1) is 6.04 Å². The second-order valence-corrected chi connectivity index (χ2v) is 6.54. The normalized spacial score (nSPS) is 21.7. The standard InChI is InChI=1S/C14H18ClN5/c1-8(13-17-19-20-18-13)16-12-11-6-10(15)5-4-9(11)7-14(12,2)3/h4-6,8,12,16H,7H2,1-3H3,(H,17,18,19,20). The average molecular weight is 292 g/mol. The molecule has 106 valence electrons. The number of fused-ring (bicyclic) bond motifs is 1. The fourth-order valence-corrected chi connectivity index (χ4v) is 3.18. The van der Waals surface area contributed by atoms with Crippen LogP contribution in [0.3, 0.4) is 0 Å². The third kappa shape index (κ3) is 2.31. The Morgan fingerprint density at radius 2 is 2.25 bits per heavy atom. The van der Waals surface area contributed by atoms with E-state index in [4.69, 9.17) is 11.6 Å². The van der Waals surface area contributed by atoms with Gasteiger partial charge in [-0.3, -0.25) is 5.32 Å². The van der Waals surface area contributed by atoms with Crippen LogP contribution < -0.4 is 5.32 Å². The quantitative estimate of drug-likeness (QED) is 0.912. The van der Waals surface area contributed by atoms with Crippen LogP contribution >= 0.6 is 11.6 Å². The third-order valence-corrected chi connectivity index (χ3v) is 4.25. The summed E-state index contributed by atoms with van der Waals surface area (Å²) in [6.45, 7) is 6.58. The molecule has 3 rings (SSSR count). The number of tetrazole rings is 1. The Morgan fingerprint density at radius 1 is 1.45 bits per heavy atom. The van der Waals surface area contributed by atoms with E-state index in [9.17, 15) is 0 Å². The van der Waals surface area contributed by atoms with Gasteiger partial charge < -0.3 is 0 Å². The number of H-pyrrole nitrogens is 1. The van der Waals surface area contributed by atoms with Crippen molar-refractivity contribution in [3.63, 3.8) is 0 Å². The summed E-state index contributed by atoms with van der Waals surface area (Å²) in [5, 5.41) is 18.6. The van der Waals surface area contributed by atoms with Gasteiger partial charge in [-0.2, -0.15) is 5.21 Å². The molecule has 1 aromatic carbocycles. The molecule has 0 saturated carbocycles. The Kier molecular flexibility index (Phi) is 3.26. The summed E-state index contributed by atoms with van der Waals surface area (Å²) in [5.74, 6) is 0.677. The summed E-state index contributed by atoms with van der Waals surface area (Å²) in [6.07, 6.45) is 1.04. The van der Waals surface area contributed by atoms with Gasteiger partial charge in [-0.1, -0.05) is 36.7 Å². The number of hydrogen-bond donors (Lipinski definition) is 2. The van der Waals surface area contributed by atoms with Crippen molar-refractivity contribution in [2.45, 2.75) is 39.3 Å². The number of aromatic amines is 1. The first-order chi connectivity index (χ1) is 9.47. The molecule has 1 aromatic heterocycles. The van der Waals surface area contributed by atoms with E-state index in [1.54, 1.807) is 0 Å². The number of nitrogens with zero attached hydrogens (tertiary/aromatic N) is 3. The van der Waals surface area contributed by atoms with Crippen LogP contribution in [0.2, 0.25) is 5.02 Å². The van der Waals surface area contributed by atoms with Crippen LogP contribution in [-0.4, -0.2) is 20.6 Å². The van der Waals surface area contributed by atoms with Gasteiger partial charge in [-0.15, -0.1) is 10.2 Å². The molecule has 0 aliphatic heterocycles. The van der Waals surface area contributed by atoms with Crippen molar-refractivity contribution in [2.75, 3.05) is 0 Å². The van der Waals surface area contributed by atoms with Crippen LogP contribution in [-0.2, 0) is 6.42 Å². The predicted molar refractivity (Wildman–Crippen MR) is 77.4 cm³/mol. The SMILES string of the molecule is CC(NC1c2cc(Cl)ccc2CC1(C)C)c1nn[nH]n1. The summed E-state index contributed by atoms with van der Waals surface area (Å²) in [5.41, 5.74) is 2.76. The maximum absolute atomic E-state index is 6.15. The van der Waals surface area contributed by atoms with Gasteiger partial charge in [-0.05, 0) is 42.0 Å². The number of benzene rings is 1. The molecule has 1 aliphatic carbocycles.